The summed E-state index contributed by atoms with van der Waals surface area (Å²) in [5.74, 6) is -5.92. The number of carbonyl (C=O) groups is 4. The molecule has 0 aromatic carbocycles. The predicted octanol–water partition coefficient (Wildman–Crippen LogP) is -3.10. The third-order valence-electron chi connectivity index (χ3n) is 2.09. The van der Waals surface area contributed by atoms with Crippen LogP contribution in [0.15, 0.2) is 0 Å². The molecule has 0 spiro atoms. The van der Waals surface area contributed by atoms with Gasteiger partial charge in [0.15, 0.2) is 0 Å². The van der Waals surface area contributed by atoms with Gasteiger partial charge in [-0.2, -0.15) is 0 Å². The minimum atomic E-state index is -4.23. The summed E-state index contributed by atoms with van der Waals surface area (Å²) in [6.45, 7) is 4.30. The molecule has 0 amide bonds. The summed E-state index contributed by atoms with van der Waals surface area (Å²) in [5, 5.41) is 36.3. The molecule has 3 N–H and O–H groups in total. The first-order valence-corrected chi connectivity index (χ1v) is 10.6. The van der Waals surface area contributed by atoms with Gasteiger partial charge in [-0.05, 0) is 27.7 Å². The Morgan fingerprint density at radius 3 is 0.909 bits per heavy atom. The molecule has 0 radical (unpaired) electrons. The zero-order valence-corrected chi connectivity index (χ0v) is 16.3. The summed E-state index contributed by atoms with van der Waals surface area (Å²) < 4.78 is 24.7. The molecule has 0 aliphatic heterocycles. The van der Waals surface area contributed by atoms with E-state index in [1.54, 1.807) is 0 Å². The van der Waals surface area contributed by atoms with Crippen molar-refractivity contribution in [3.63, 3.8) is 0 Å². The number of carboxylic acids is 4. The first-order chi connectivity index (χ1) is 9.51. The van der Waals surface area contributed by atoms with Crippen molar-refractivity contribution in [3.8, 4) is 0 Å². The molecule has 0 heterocycles. The maximum absolute atomic E-state index is 10.0. The summed E-state index contributed by atoms with van der Waals surface area (Å²) >= 11 is -4.23. The van der Waals surface area contributed by atoms with Gasteiger partial charge in [0.25, 0.3) is 0 Å². The third kappa shape index (κ3) is 11.2. The van der Waals surface area contributed by atoms with Gasteiger partial charge in [-0.3, -0.25) is 9.59 Å². The molecule has 0 fully saturated rings. The van der Waals surface area contributed by atoms with Crippen molar-refractivity contribution in [3.05, 3.63) is 0 Å². The minimum absolute atomic E-state index is 1.07. The van der Waals surface area contributed by atoms with Crippen molar-refractivity contribution >= 4 is 23.9 Å². The zero-order valence-electron chi connectivity index (χ0n) is 12.1. The quantitative estimate of drug-likeness (QED) is 0.299. The van der Waals surface area contributed by atoms with Gasteiger partial charge in [0.1, 0.15) is 10.8 Å². The summed E-state index contributed by atoms with van der Waals surface area (Å²) in [4.78, 5) is 40.0. The Balaban J connectivity index is -0.000000266. The molecule has 0 saturated heterocycles. The van der Waals surface area contributed by atoms with Crippen LogP contribution in [0.2, 0.25) is 0 Å². The standard InChI is InChI=1S/2C5H8O4.H2O.2O.U/c2*1-5(2,3(6)7)4(8)9;;;;/h2*1-2H3,(H,6,7)(H,8,9);1H2;;;/q;;;;;+1/p-3. The molecule has 0 bridgehead atoms. The van der Waals surface area contributed by atoms with Gasteiger partial charge in [-0.15, -0.1) is 0 Å². The number of rotatable bonds is 4. The van der Waals surface area contributed by atoms with Crippen molar-refractivity contribution in [2.45, 2.75) is 27.7 Å². The Hall–Kier alpha value is -1.51. The fraction of sp³-hybridized carbons (Fsp3) is 0.600. The van der Waals surface area contributed by atoms with Gasteiger partial charge in [-0.1, -0.05) is 0 Å². The zero-order chi connectivity index (χ0) is 18.9. The second kappa shape index (κ2) is 10.3. The van der Waals surface area contributed by atoms with Crippen LogP contribution in [0, 0.1) is 37.5 Å². The van der Waals surface area contributed by atoms with E-state index in [1.807, 2.05) is 0 Å². The third-order valence-corrected chi connectivity index (χ3v) is 2.09. The fourth-order valence-corrected chi connectivity index (χ4v) is 0.175. The average molecular weight is 549 g/mol. The molecule has 0 aromatic heterocycles. The Bertz CT molecular complexity index is 425. The number of carboxylic acid groups (broad SMARTS) is 4. The van der Waals surface area contributed by atoms with Crippen molar-refractivity contribution in [1.29, 1.82) is 0 Å². The van der Waals surface area contributed by atoms with Gasteiger partial charge in [-0.25, -0.2) is 0 Å². The van der Waals surface area contributed by atoms with Crippen LogP contribution >= 0.6 is 0 Å². The molecule has 22 heavy (non-hydrogen) atoms. The van der Waals surface area contributed by atoms with Crippen LogP contribution < -0.4 is 10.2 Å². The number of carbonyl (C=O) groups excluding carboxylic acids is 2. The van der Waals surface area contributed by atoms with E-state index in [-0.39, 0.29) is 0 Å². The summed E-state index contributed by atoms with van der Waals surface area (Å²) in [6.07, 6.45) is 0. The topological polar surface area (TPSA) is 209 Å². The summed E-state index contributed by atoms with van der Waals surface area (Å²) in [7, 11) is 0. The van der Waals surface area contributed by atoms with Gasteiger partial charge in [0.05, 0.1) is 11.9 Å². The second-order valence-corrected chi connectivity index (χ2v) is 6.92. The van der Waals surface area contributed by atoms with Crippen molar-refractivity contribution < 1.29 is 73.3 Å². The van der Waals surface area contributed by atoms with Gasteiger partial charge >= 0.3 is 45.6 Å². The molecular formula is C10H15O11U-2. The van der Waals surface area contributed by atoms with Crippen LogP contribution in [-0.4, -0.2) is 36.7 Å². The first-order valence-electron chi connectivity index (χ1n) is 5.30. The van der Waals surface area contributed by atoms with E-state index < -0.39 is 61.3 Å². The molecular weight excluding hydrogens is 534 g/mol. The van der Waals surface area contributed by atoms with Crippen LogP contribution in [0.4, 0.5) is 0 Å². The van der Waals surface area contributed by atoms with E-state index in [4.69, 9.17) is 17.3 Å². The normalized spacial score (nSPS) is 10.0. The van der Waals surface area contributed by atoms with E-state index >= 15 is 0 Å². The van der Waals surface area contributed by atoms with Crippen LogP contribution in [0.1, 0.15) is 27.7 Å². The van der Waals surface area contributed by atoms with E-state index in [9.17, 15) is 29.4 Å². The van der Waals surface area contributed by atoms with E-state index in [0.717, 1.165) is 27.7 Å². The molecule has 0 saturated carbocycles. The molecule has 0 aromatic rings. The van der Waals surface area contributed by atoms with E-state index in [0.29, 0.717) is 0 Å². The SMILES string of the molecule is CC(C)(C(=O)[O-])C(=O)O.CC(C)(C(=O)[O-])C(=O)O.[O]=[U](=[O])[OH]. The molecule has 0 atom stereocenters. The summed E-state index contributed by atoms with van der Waals surface area (Å²) in [6, 6.07) is 0. The van der Waals surface area contributed by atoms with Crippen molar-refractivity contribution in [2.75, 3.05) is 0 Å². The maximum atomic E-state index is 10.0. The molecule has 0 aliphatic carbocycles. The Morgan fingerprint density at radius 2 is 0.909 bits per heavy atom. The fourth-order valence-electron chi connectivity index (χ4n) is 0.175. The molecule has 0 rings (SSSR count). The van der Waals surface area contributed by atoms with Crippen molar-refractivity contribution in [1.82, 2.24) is 0 Å². The van der Waals surface area contributed by atoms with Crippen molar-refractivity contribution in [2.24, 2.45) is 10.8 Å². The van der Waals surface area contributed by atoms with Crippen LogP contribution in [0.3, 0.4) is 0 Å². The number of hydrogen-bond acceptors (Lipinski definition) is 8. The predicted molar refractivity (Wildman–Crippen MR) is 56.4 cm³/mol. The Labute approximate surface area is 135 Å². The van der Waals surface area contributed by atoms with E-state index in [1.165, 1.54) is 0 Å². The monoisotopic (exact) mass is 549 g/mol. The van der Waals surface area contributed by atoms with Crippen LogP contribution in [0.25, 0.3) is 0 Å². The summed E-state index contributed by atoms with van der Waals surface area (Å²) in [5.41, 5.74) is -3.56. The average Bonchev–Trinajstić information content (AvgIpc) is 2.27. The Morgan fingerprint density at radius 1 is 0.773 bits per heavy atom. The first kappa shape index (κ1) is 25.4. The van der Waals surface area contributed by atoms with Gasteiger partial charge < -0.3 is 30.0 Å². The molecule has 12 heteroatoms. The van der Waals surface area contributed by atoms with Gasteiger partial charge in [0.2, 0.25) is 0 Å². The molecule has 127 valence electrons. The van der Waals surface area contributed by atoms with Crippen LogP contribution in [-0.2, 0) is 23.6 Å². The van der Waals surface area contributed by atoms with Gasteiger partial charge in [0, 0.05) is 0 Å². The van der Waals surface area contributed by atoms with E-state index in [2.05, 4.69) is 0 Å². The number of hydrogen-bond donors (Lipinski definition) is 3. The number of aliphatic carboxylic acids is 4. The second-order valence-electron chi connectivity index (χ2n) is 4.70. The molecule has 0 aliphatic rings. The Kier molecular flexibility index (Phi) is 11.9. The molecule has 0 unspecified atom stereocenters. The molecule has 11 nitrogen and oxygen atoms in total. The van der Waals surface area contributed by atoms with Crippen LogP contribution in [0.5, 0.6) is 0 Å².